The monoisotopic (exact) mass is 354 g/mol. The molecule has 1 amide bonds. The van der Waals surface area contributed by atoms with Crippen molar-refractivity contribution in [1.29, 1.82) is 0 Å². The first-order valence-electron chi connectivity index (χ1n) is 7.86. The van der Waals surface area contributed by atoms with Crippen LogP contribution in [0.2, 0.25) is 0 Å². The molecule has 134 valence electrons. The first-order chi connectivity index (χ1) is 11.7. The summed E-state index contributed by atoms with van der Waals surface area (Å²) in [4.78, 5) is 24.4. The Morgan fingerprint density at radius 2 is 1.92 bits per heavy atom. The largest absolute Gasteiger partial charge is 0.481 e. The van der Waals surface area contributed by atoms with Crippen LogP contribution in [-0.2, 0) is 16.1 Å². The van der Waals surface area contributed by atoms with Gasteiger partial charge in [-0.05, 0) is 23.9 Å². The van der Waals surface area contributed by atoms with Gasteiger partial charge in [-0.25, -0.2) is 0 Å². The molecule has 1 aliphatic heterocycles. The minimum absolute atomic E-state index is 0.0201. The van der Waals surface area contributed by atoms with Gasteiger partial charge in [0.25, 0.3) is 0 Å². The summed E-state index contributed by atoms with van der Waals surface area (Å²) in [7, 11) is 0. The van der Waals surface area contributed by atoms with Crippen molar-refractivity contribution < 1.29 is 27.9 Å². The number of rotatable bonds is 4. The predicted molar refractivity (Wildman–Crippen MR) is 83.9 cm³/mol. The number of likely N-dealkylation sites (tertiary alicyclic amines) is 1. The van der Waals surface area contributed by atoms with Gasteiger partial charge in [-0.1, -0.05) is 18.2 Å². The number of hydrogen-bond acceptors (Lipinski definition) is 2. The van der Waals surface area contributed by atoms with Crippen molar-refractivity contribution in [2.24, 2.45) is 5.41 Å². The van der Waals surface area contributed by atoms with Gasteiger partial charge in [0.2, 0.25) is 5.91 Å². The summed E-state index contributed by atoms with van der Waals surface area (Å²) < 4.78 is 41.4. The molecule has 5 nitrogen and oxygen atoms in total. The van der Waals surface area contributed by atoms with Crippen LogP contribution in [0.4, 0.5) is 13.2 Å². The molecule has 1 aromatic heterocycles. The van der Waals surface area contributed by atoms with Gasteiger partial charge < -0.3 is 14.6 Å². The van der Waals surface area contributed by atoms with Gasteiger partial charge in [0.1, 0.15) is 0 Å². The summed E-state index contributed by atoms with van der Waals surface area (Å²) in [6, 6.07) is 9.48. The Bertz CT molecular complexity index is 815. The van der Waals surface area contributed by atoms with E-state index in [0.717, 1.165) is 15.8 Å². The second kappa shape index (κ2) is 6.09. The SMILES string of the molecule is O=C(CCn1ccc2ccccc21)N1CCC(C(=O)O)(C(F)(F)F)C1. The maximum absolute atomic E-state index is 13.2. The third kappa shape index (κ3) is 2.96. The topological polar surface area (TPSA) is 62.5 Å². The molecule has 0 saturated carbocycles. The molecular formula is C17H17F3N2O3. The molecule has 0 radical (unpaired) electrons. The first-order valence-corrected chi connectivity index (χ1v) is 7.86. The number of alkyl halides is 3. The Balaban J connectivity index is 1.67. The zero-order valence-corrected chi connectivity index (χ0v) is 13.3. The number of aliphatic carboxylic acids is 1. The Morgan fingerprint density at radius 1 is 1.20 bits per heavy atom. The molecule has 25 heavy (non-hydrogen) atoms. The minimum Gasteiger partial charge on any atom is -0.481 e. The highest BCUT2D eigenvalue weighted by Gasteiger charge is 2.64. The van der Waals surface area contributed by atoms with E-state index in [9.17, 15) is 22.8 Å². The van der Waals surface area contributed by atoms with Gasteiger partial charge in [-0.3, -0.25) is 9.59 Å². The molecule has 8 heteroatoms. The van der Waals surface area contributed by atoms with Gasteiger partial charge in [0.15, 0.2) is 5.41 Å². The Hall–Kier alpha value is -2.51. The molecule has 0 aliphatic carbocycles. The Kier molecular flexibility index (Phi) is 4.22. The zero-order chi connectivity index (χ0) is 18.2. The molecule has 1 fully saturated rings. The summed E-state index contributed by atoms with van der Waals surface area (Å²) in [5, 5.41) is 10.0. The number of aromatic nitrogens is 1. The third-order valence-electron chi connectivity index (χ3n) is 4.82. The van der Waals surface area contributed by atoms with Crippen LogP contribution in [0, 0.1) is 5.41 Å². The molecule has 1 unspecified atom stereocenters. The smallest absolute Gasteiger partial charge is 0.406 e. The van der Waals surface area contributed by atoms with Gasteiger partial charge >= 0.3 is 12.1 Å². The fourth-order valence-electron chi connectivity index (χ4n) is 3.26. The Morgan fingerprint density at radius 3 is 2.56 bits per heavy atom. The van der Waals surface area contributed by atoms with Crippen molar-refractivity contribution in [3.8, 4) is 0 Å². The number of carbonyl (C=O) groups is 2. The van der Waals surface area contributed by atoms with Crippen LogP contribution in [0.3, 0.4) is 0 Å². The van der Waals surface area contributed by atoms with Crippen LogP contribution in [-0.4, -0.2) is 45.7 Å². The number of halogens is 3. The number of amides is 1. The normalized spacial score (nSPS) is 21.0. The van der Waals surface area contributed by atoms with E-state index < -0.39 is 36.4 Å². The zero-order valence-electron chi connectivity index (χ0n) is 13.3. The Labute approximate surface area is 141 Å². The molecule has 1 aromatic carbocycles. The van der Waals surface area contributed by atoms with Crippen molar-refractivity contribution in [1.82, 2.24) is 9.47 Å². The standard InChI is InChI=1S/C17H17F3N2O3/c18-17(19,20)16(15(24)25)7-10-22(11-16)14(23)6-9-21-8-5-12-3-1-2-4-13(12)21/h1-5,8H,6-7,9-11H2,(H,24,25). The van der Waals surface area contributed by atoms with E-state index >= 15 is 0 Å². The molecule has 1 aliphatic rings. The van der Waals surface area contributed by atoms with Crippen molar-refractivity contribution in [3.63, 3.8) is 0 Å². The number of nitrogens with zero attached hydrogens (tertiary/aromatic N) is 2. The highest BCUT2D eigenvalue weighted by Crippen LogP contribution is 2.45. The van der Waals surface area contributed by atoms with Gasteiger partial charge in [0.05, 0.1) is 0 Å². The van der Waals surface area contributed by atoms with E-state index in [1.165, 1.54) is 0 Å². The third-order valence-corrected chi connectivity index (χ3v) is 4.82. The molecule has 0 spiro atoms. The van der Waals surface area contributed by atoms with E-state index in [2.05, 4.69) is 0 Å². The number of benzene rings is 1. The number of aryl methyl sites for hydroxylation is 1. The highest BCUT2D eigenvalue weighted by molar-refractivity contribution is 5.82. The van der Waals surface area contributed by atoms with Gasteiger partial charge in [-0.15, -0.1) is 0 Å². The second-order valence-corrected chi connectivity index (χ2v) is 6.27. The van der Waals surface area contributed by atoms with Crippen LogP contribution in [0.25, 0.3) is 10.9 Å². The van der Waals surface area contributed by atoms with Gasteiger partial charge in [0, 0.05) is 37.8 Å². The summed E-state index contributed by atoms with van der Waals surface area (Å²) in [5.74, 6) is -2.39. The number of carboxylic acid groups (broad SMARTS) is 1. The van der Waals surface area contributed by atoms with E-state index in [4.69, 9.17) is 5.11 Å². The second-order valence-electron chi connectivity index (χ2n) is 6.27. The molecule has 1 N–H and O–H groups in total. The summed E-state index contributed by atoms with van der Waals surface area (Å²) >= 11 is 0. The number of carbonyl (C=O) groups excluding carboxylic acids is 1. The van der Waals surface area contributed by atoms with Crippen LogP contribution < -0.4 is 0 Å². The van der Waals surface area contributed by atoms with E-state index in [0.29, 0.717) is 6.54 Å². The minimum atomic E-state index is -4.88. The summed E-state index contributed by atoms with van der Waals surface area (Å²) in [6.45, 7) is -0.691. The maximum atomic E-state index is 13.2. The lowest BCUT2D eigenvalue weighted by Gasteiger charge is -2.27. The van der Waals surface area contributed by atoms with E-state index in [1.807, 2.05) is 41.1 Å². The average molecular weight is 354 g/mol. The van der Waals surface area contributed by atoms with Crippen molar-refractivity contribution >= 4 is 22.8 Å². The molecule has 2 aromatic rings. The summed E-state index contributed by atoms with van der Waals surface area (Å²) in [5.41, 5.74) is -1.92. The van der Waals surface area contributed by atoms with Crippen molar-refractivity contribution in [2.75, 3.05) is 13.1 Å². The van der Waals surface area contributed by atoms with Crippen LogP contribution in [0.1, 0.15) is 12.8 Å². The molecule has 0 bridgehead atoms. The molecule has 2 heterocycles. The average Bonchev–Trinajstić information content (AvgIpc) is 3.17. The summed E-state index contributed by atoms with van der Waals surface area (Å²) in [6.07, 6.45) is -3.65. The molecular weight excluding hydrogens is 337 g/mol. The van der Waals surface area contributed by atoms with Crippen molar-refractivity contribution in [3.05, 3.63) is 36.5 Å². The molecule has 1 atom stereocenters. The fraction of sp³-hybridized carbons (Fsp3) is 0.412. The van der Waals surface area contributed by atoms with Crippen LogP contribution in [0.5, 0.6) is 0 Å². The predicted octanol–water partition coefficient (Wildman–Crippen LogP) is 2.90. The van der Waals surface area contributed by atoms with Crippen molar-refractivity contribution in [2.45, 2.75) is 25.6 Å². The number of para-hydroxylation sites is 1. The molecule has 3 rings (SSSR count). The van der Waals surface area contributed by atoms with Crippen LogP contribution >= 0.6 is 0 Å². The lowest BCUT2D eigenvalue weighted by Crippen LogP contribution is -2.47. The number of hydrogen-bond donors (Lipinski definition) is 1. The van der Waals surface area contributed by atoms with E-state index in [-0.39, 0.29) is 13.0 Å². The quantitative estimate of drug-likeness (QED) is 0.918. The first kappa shape index (κ1) is 17.3. The fourth-order valence-corrected chi connectivity index (χ4v) is 3.26. The van der Waals surface area contributed by atoms with Crippen LogP contribution in [0.15, 0.2) is 36.5 Å². The number of carboxylic acids is 1. The van der Waals surface area contributed by atoms with E-state index in [1.54, 1.807) is 0 Å². The van der Waals surface area contributed by atoms with Gasteiger partial charge in [-0.2, -0.15) is 13.2 Å². The lowest BCUT2D eigenvalue weighted by atomic mass is 9.86. The molecule has 1 saturated heterocycles. The lowest BCUT2D eigenvalue weighted by molar-refractivity contribution is -0.227. The highest BCUT2D eigenvalue weighted by atomic mass is 19.4. The number of fused-ring (bicyclic) bond motifs is 1. The maximum Gasteiger partial charge on any atom is 0.406 e.